The molecule has 0 aliphatic heterocycles. The third-order valence-electron chi connectivity index (χ3n) is 3.40. The quantitative estimate of drug-likeness (QED) is 0.841. The second-order valence-corrected chi connectivity index (χ2v) is 5.17. The van der Waals surface area contributed by atoms with E-state index in [9.17, 15) is 0 Å². The van der Waals surface area contributed by atoms with Gasteiger partial charge in [-0.3, -0.25) is 9.88 Å². The molecule has 1 N–H and O–H groups in total. The summed E-state index contributed by atoms with van der Waals surface area (Å²) in [6.07, 6.45) is 4.71. The van der Waals surface area contributed by atoms with Crippen LogP contribution in [0.3, 0.4) is 0 Å². The molecule has 0 bridgehead atoms. The molecule has 2 heterocycles. The maximum atomic E-state index is 5.80. The average molecular weight is 273 g/mol. The molecule has 0 radical (unpaired) electrons. The summed E-state index contributed by atoms with van der Waals surface area (Å²) in [6, 6.07) is 6.28. The summed E-state index contributed by atoms with van der Waals surface area (Å²) >= 11 is 0. The molecular weight excluding hydrogens is 250 g/mol. The third kappa shape index (κ3) is 4.18. The fourth-order valence-corrected chi connectivity index (χ4v) is 2.25. The predicted molar refractivity (Wildman–Crippen MR) is 80.5 cm³/mol. The molecule has 0 saturated heterocycles. The maximum absolute atomic E-state index is 5.80. The van der Waals surface area contributed by atoms with Crippen molar-refractivity contribution in [1.29, 1.82) is 0 Å². The minimum Gasteiger partial charge on any atom is -0.465 e. The van der Waals surface area contributed by atoms with Crippen LogP contribution in [-0.2, 0) is 19.5 Å². The predicted octanol–water partition coefficient (Wildman–Crippen LogP) is 2.38. The number of nitrogens with zero attached hydrogens (tertiary/aromatic N) is 2. The van der Waals surface area contributed by atoms with E-state index in [1.807, 2.05) is 26.4 Å². The Hall–Kier alpha value is -1.65. The van der Waals surface area contributed by atoms with Crippen LogP contribution in [0.15, 0.2) is 35.0 Å². The van der Waals surface area contributed by atoms with Crippen LogP contribution in [0, 0.1) is 6.92 Å². The summed E-state index contributed by atoms with van der Waals surface area (Å²) in [5, 5.41) is 3.16. The number of hydrogen-bond donors (Lipinski definition) is 1. The van der Waals surface area contributed by atoms with Crippen LogP contribution in [0.25, 0.3) is 0 Å². The smallest absolute Gasteiger partial charge is 0.118 e. The lowest BCUT2D eigenvalue weighted by atomic mass is 10.2. The van der Waals surface area contributed by atoms with Crippen molar-refractivity contribution in [3.05, 3.63) is 53.2 Å². The molecule has 2 rings (SSSR count). The number of aryl methyl sites for hydroxylation is 1. The second kappa shape index (κ2) is 7.22. The Labute approximate surface area is 120 Å². The molecule has 0 amide bonds. The lowest BCUT2D eigenvalue weighted by Crippen LogP contribution is -2.20. The normalized spacial score (nSPS) is 11.2. The second-order valence-electron chi connectivity index (χ2n) is 5.17. The Morgan fingerprint density at radius 1 is 1.30 bits per heavy atom. The largest absolute Gasteiger partial charge is 0.465 e. The van der Waals surface area contributed by atoms with Crippen LogP contribution < -0.4 is 5.32 Å². The molecule has 0 spiro atoms. The van der Waals surface area contributed by atoms with Crippen LogP contribution in [0.4, 0.5) is 0 Å². The standard InChI is InChI=1S/C16H23N3O/c1-13-15(11-17-2)10-16(20-13)12-19(3)9-6-14-4-7-18-8-5-14/h4-5,7-8,10,17H,6,9,11-12H2,1-3H3. The molecule has 4 nitrogen and oxygen atoms in total. The Kier molecular flexibility index (Phi) is 5.32. The Bertz CT molecular complexity index is 522. The zero-order valence-corrected chi connectivity index (χ0v) is 12.5. The Balaban J connectivity index is 1.85. The van der Waals surface area contributed by atoms with Gasteiger partial charge in [-0.05, 0) is 51.2 Å². The maximum Gasteiger partial charge on any atom is 0.118 e. The first kappa shape index (κ1) is 14.8. The number of pyridine rings is 1. The molecule has 0 aliphatic carbocycles. The van der Waals surface area contributed by atoms with Crippen molar-refractivity contribution in [3.63, 3.8) is 0 Å². The van der Waals surface area contributed by atoms with Crippen LogP contribution in [-0.4, -0.2) is 30.5 Å². The zero-order valence-electron chi connectivity index (χ0n) is 12.5. The number of aromatic nitrogens is 1. The molecule has 0 unspecified atom stereocenters. The van der Waals surface area contributed by atoms with E-state index in [0.29, 0.717) is 0 Å². The summed E-state index contributed by atoms with van der Waals surface area (Å²) < 4.78 is 5.80. The summed E-state index contributed by atoms with van der Waals surface area (Å²) in [6.45, 7) is 4.73. The Morgan fingerprint density at radius 2 is 2.05 bits per heavy atom. The van der Waals surface area contributed by atoms with Crippen molar-refractivity contribution >= 4 is 0 Å². The minimum absolute atomic E-state index is 0.843. The number of rotatable bonds is 7. The van der Waals surface area contributed by atoms with Crippen molar-refractivity contribution in [2.75, 3.05) is 20.6 Å². The van der Waals surface area contributed by atoms with E-state index in [0.717, 1.165) is 37.6 Å². The molecule has 0 saturated carbocycles. The first-order chi connectivity index (χ1) is 9.69. The molecule has 0 aliphatic rings. The van der Waals surface area contributed by atoms with Gasteiger partial charge in [0.05, 0.1) is 6.54 Å². The number of hydrogen-bond acceptors (Lipinski definition) is 4. The van der Waals surface area contributed by atoms with E-state index in [1.165, 1.54) is 11.1 Å². The van der Waals surface area contributed by atoms with Gasteiger partial charge in [-0.25, -0.2) is 0 Å². The first-order valence-electron chi connectivity index (χ1n) is 6.99. The highest BCUT2D eigenvalue weighted by molar-refractivity contribution is 5.20. The highest BCUT2D eigenvalue weighted by Crippen LogP contribution is 2.16. The van der Waals surface area contributed by atoms with E-state index in [1.54, 1.807) is 0 Å². The van der Waals surface area contributed by atoms with Crippen LogP contribution in [0.2, 0.25) is 0 Å². The van der Waals surface area contributed by atoms with Crippen LogP contribution in [0.1, 0.15) is 22.6 Å². The van der Waals surface area contributed by atoms with E-state index < -0.39 is 0 Å². The fourth-order valence-electron chi connectivity index (χ4n) is 2.25. The summed E-state index contributed by atoms with van der Waals surface area (Å²) in [5.74, 6) is 2.04. The van der Waals surface area contributed by atoms with E-state index in [-0.39, 0.29) is 0 Å². The van der Waals surface area contributed by atoms with Gasteiger partial charge in [-0.15, -0.1) is 0 Å². The summed E-state index contributed by atoms with van der Waals surface area (Å²) in [4.78, 5) is 6.32. The highest BCUT2D eigenvalue weighted by atomic mass is 16.3. The van der Waals surface area contributed by atoms with Crippen molar-refractivity contribution in [1.82, 2.24) is 15.2 Å². The van der Waals surface area contributed by atoms with Crippen molar-refractivity contribution in [3.8, 4) is 0 Å². The average Bonchev–Trinajstić information content (AvgIpc) is 2.78. The van der Waals surface area contributed by atoms with Crippen molar-refractivity contribution in [2.24, 2.45) is 0 Å². The number of likely N-dealkylation sites (N-methyl/N-ethyl adjacent to an activating group) is 1. The fraction of sp³-hybridized carbons (Fsp3) is 0.438. The molecule has 2 aromatic heterocycles. The number of nitrogens with one attached hydrogen (secondary N) is 1. The SMILES string of the molecule is CNCc1cc(CN(C)CCc2ccncc2)oc1C. The molecule has 4 heteroatoms. The minimum atomic E-state index is 0.843. The van der Waals surface area contributed by atoms with Gasteiger partial charge in [0.2, 0.25) is 0 Å². The highest BCUT2D eigenvalue weighted by Gasteiger charge is 2.09. The Morgan fingerprint density at radius 3 is 2.75 bits per heavy atom. The monoisotopic (exact) mass is 273 g/mol. The van der Waals surface area contributed by atoms with Crippen LogP contribution >= 0.6 is 0 Å². The first-order valence-corrected chi connectivity index (χ1v) is 6.99. The lowest BCUT2D eigenvalue weighted by Gasteiger charge is -2.14. The molecule has 2 aromatic rings. The lowest BCUT2D eigenvalue weighted by molar-refractivity contribution is 0.295. The van der Waals surface area contributed by atoms with Gasteiger partial charge in [-0.1, -0.05) is 0 Å². The van der Waals surface area contributed by atoms with E-state index >= 15 is 0 Å². The van der Waals surface area contributed by atoms with Crippen molar-refractivity contribution in [2.45, 2.75) is 26.4 Å². The van der Waals surface area contributed by atoms with Gasteiger partial charge in [0, 0.05) is 31.0 Å². The zero-order chi connectivity index (χ0) is 14.4. The van der Waals surface area contributed by atoms with Gasteiger partial charge in [0.1, 0.15) is 11.5 Å². The van der Waals surface area contributed by atoms with Gasteiger partial charge in [0.25, 0.3) is 0 Å². The number of furan rings is 1. The van der Waals surface area contributed by atoms with Crippen molar-refractivity contribution < 1.29 is 4.42 Å². The van der Waals surface area contributed by atoms with Gasteiger partial charge in [0.15, 0.2) is 0 Å². The summed E-state index contributed by atoms with van der Waals surface area (Å²) in [7, 11) is 4.07. The molecule has 0 atom stereocenters. The molecule has 0 aromatic carbocycles. The molecule has 20 heavy (non-hydrogen) atoms. The molecule has 108 valence electrons. The van der Waals surface area contributed by atoms with Gasteiger partial charge in [-0.2, -0.15) is 0 Å². The van der Waals surface area contributed by atoms with Gasteiger partial charge < -0.3 is 9.73 Å². The molecular formula is C16H23N3O. The summed E-state index contributed by atoms with van der Waals surface area (Å²) in [5.41, 5.74) is 2.56. The molecule has 0 fully saturated rings. The van der Waals surface area contributed by atoms with Gasteiger partial charge >= 0.3 is 0 Å². The van der Waals surface area contributed by atoms with E-state index in [2.05, 4.69) is 40.4 Å². The van der Waals surface area contributed by atoms with Crippen LogP contribution in [0.5, 0.6) is 0 Å². The topological polar surface area (TPSA) is 41.3 Å². The van der Waals surface area contributed by atoms with E-state index in [4.69, 9.17) is 4.42 Å². The third-order valence-corrected chi connectivity index (χ3v) is 3.40.